The summed E-state index contributed by atoms with van der Waals surface area (Å²) in [5, 5.41) is 21.9. The summed E-state index contributed by atoms with van der Waals surface area (Å²) >= 11 is 0. The summed E-state index contributed by atoms with van der Waals surface area (Å²) in [6, 6.07) is 7.48. The number of aliphatic hydroxyl groups excluding tert-OH is 1. The maximum absolute atomic E-state index is 9.79. The summed E-state index contributed by atoms with van der Waals surface area (Å²) in [4.78, 5) is 11.2. The summed E-state index contributed by atoms with van der Waals surface area (Å²) in [7, 11) is 4.67. The minimum absolute atomic E-state index is 0.0406. The molecule has 4 aromatic rings. The van der Waals surface area contributed by atoms with Gasteiger partial charge in [-0.25, -0.2) is 9.20 Å². The van der Waals surface area contributed by atoms with Crippen molar-refractivity contribution in [2.24, 2.45) is 0 Å². The normalized spacial score (nSPS) is 15.6. The monoisotopic (exact) mass is 466 g/mol. The standard InChI is InChI=1S/C22H26N8O4/c1-32-17-10-15(11-18(33-2)19(17)34-3)30-13-23-21(26-30)25-22-24-20(16-7-5-9-29(16)27-22)28-8-4-6-14(28)12-31/h5,7,9-11,13-14,31H,4,6,8,12H2,1-3H3,(H,25,26,27). The second-order valence-corrected chi connectivity index (χ2v) is 7.79. The van der Waals surface area contributed by atoms with E-state index >= 15 is 0 Å². The Hall–Kier alpha value is -4.06. The molecule has 1 saturated heterocycles. The second-order valence-electron chi connectivity index (χ2n) is 7.79. The van der Waals surface area contributed by atoms with Crippen LogP contribution in [0, 0.1) is 0 Å². The van der Waals surface area contributed by atoms with E-state index in [0.717, 1.165) is 30.7 Å². The molecule has 178 valence electrons. The van der Waals surface area contributed by atoms with E-state index in [-0.39, 0.29) is 12.6 Å². The van der Waals surface area contributed by atoms with Gasteiger partial charge in [0.1, 0.15) is 11.8 Å². The van der Waals surface area contributed by atoms with Gasteiger partial charge in [0, 0.05) is 24.9 Å². The van der Waals surface area contributed by atoms with E-state index in [1.165, 1.54) is 0 Å². The largest absolute Gasteiger partial charge is 0.493 e. The summed E-state index contributed by atoms with van der Waals surface area (Å²) in [6.07, 6.45) is 5.36. The minimum atomic E-state index is 0.0406. The Morgan fingerprint density at radius 2 is 1.88 bits per heavy atom. The van der Waals surface area contributed by atoms with Crippen molar-refractivity contribution in [3.8, 4) is 22.9 Å². The molecule has 1 aliphatic heterocycles. The number of hydrogen-bond acceptors (Lipinski definition) is 10. The Morgan fingerprint density at radius 1 is 1.09 bits per heavy atom. The van der Waals surface area contributed by atoms with Crippen LogP contribution in [0.2, 0.25) is 0 Å². The van der Waals surface area contributed by atoms with Crippen molar-refractivity contribution in [3.05, 3.63) is 36.8 Å². The van der Waals surface area contributed by atoms with Gasteiger partial charge in [-0.15, -0.1) is 10.2 Å². The van der Waals surface area contributed by atoms with Gasteiger partial charge in [0.2, 0.25) is 17.6 Å². The molecule has 1 aliphatic rings. The van der Waals surface area contributed by atoms with Gasteiger partial charge < -0.3 is 24.2 Å². The third kappa shape index (κ3) is 3.81. The molecule has 0 saturated carbocycles. The lowest BCUT2D eigenvalue weighted by molar-refractivity contribution is 0.266. The first-order chi connectivity index (χ1) is 16.6. The number of rotatable bonds is 8. The minimum Gasteiger partial charge on any atom is -0.493 e. The zero-order valence-corrected chi connectivity index (χ0v) is 19.2. The van der Waals surface area contributed by atoms with Crippen LogP contribution in [0.3, 0.4) is 0 Å². The molecular weight excluding hydrogens is 440 g/mol. The van der Waals surface area contributed by atoms with Crippen molar-refractivity contribution in [3.63, 3.8) is 0 Å². The third-order valence-electron chi connectivity index (χ3n) is 5.86. The quantitative estimate of drug-likeness (QED) is 0.399. The molecule has 0 amide bonds. The molecule has 3 aromatic heterocycles. The van der Waals surface area contributed by atoms with Gasteiger partial charge >= 0.3 is 0 Å². The molecule has 34 heavy (non-hydrogen) atoms. The van der Waals surface area contributed by atoms with Gasteiger partial charge in [0.25, 0.3) is 0 Å². The highest BCUT2D eigenvalue weighted by molar-refractivity contribution is 5.71. The summed E-state index contributed by atoms with van der Waals surface area (Å²) in [6.45, 7) is 0.914. The van der Waals surface area contributed by atoms with Crippen molar-refractivity contribution < 1.29 is 19.3 Å². The number of nitrogens with one attached hydrogen (secondary N) is 1. The summed E-state index contributed by atoms with van der Waals surface area (Å²) in [5.74, 6) is 2.96. The van der Waals surface area contributed by atoms with Crippen LogP contribution in [0.15, 0.2) is 36.8 Å². The summed E-state index contributed by atoms with van der Waals surface area (Å²) < 4.78 is 19.6. The Labute approximate surface area is 195 Å². The Balaban J connectivity index is 1.46. The number of nitrogens with zero attached hydrogens (tertiary/aromatic N) is 7. The summed E-state index contributed by atoms with van der Waals surface area (Å²) in [5.41, 5.74) is 1.56. The van der Waals surface area contributed by atoms with Crippen LogP contribution in [-0.2, 0) is 0 Å². The van der Waals surface area contributed by atoms with E-state index in [2.05, 4.69) is 25.4 Å². The van der Waals surface area contributed by atoms with Gasteiger partial charge in [-0.05, 0) is 25.0 Å². The van der Waals surface area contributed by atoms with Crippen LogP contribution in [0.1, 0.15) is 12.8 Å². The van der Waals surface area contributed by atoms with Crippen molar-refractivity contribution in [1.29, 1.82) is 0 Å². The number of hydrogen-bond donors (Lipinski definition) is 2. The molecule has 1 aromatic carbocycles. The third-order valence-corrected chi connectivity index (χ3v) is 5.86. The number of ether oxygens (including phenoxy) is 3. The van der Waals surface area contributed by atoms with E-state index in [4.69, 9.17) is 19.2 Å². The Kier molecular flexibility index (Phi) is 5.80. The molecular formula is C22H26N8O4. The SMILES string of the molecule is COc1cc(-n2cnc(Nc3nc(N4CCCC4CO)c4cccn4n3)n2)cc(OC)c1OC. The van der Waals surface area contributed by atoms with Crippen molar-refractivity contribution >= 4 is 23.2 Å². The molecule has 12 nitrogen and oxygen atoms in total. The first kappa shape index (κ1) is 21.8. The maximum atomic E-state index is 9.79. The highest BCUT2D eigenvalue weighted by atomic mass is 16.5. The van der Waals surface area contributed by atoms with E-state index < -0.39 is 0 Å². The van der Waals surface area contributed by atoms with Crippen molar-refractivity contribution in [2.75, 3.05) is 44.7 Å². The van der Waals surface area contributed by atoms with Gasteiger partial charge in [-0.2, -0.15) is 9.97 Å². The predicted molar refractivity (Wildman–Crippen MR) is 125 cm³/mol. The van der Waals surface area contributed by atoms with Gasteiger partial charge in [0.15, 0.2) is 17.3 Å². The molecule has 0 bridgehead atoms. The molecule has 5 rings (SSSR count). The van der Waals surface area contributed by atoms with E-state index in [1.54, 1.807) is 49.0 Å². The highest BCUT2D eigenvalue weighted by Crippen LogP contribution is 2.39. The van der Waals surface area contributed by atoms with Crippen molar-refractivity contribution in [2.45, 2.75) is 18.9 Å². The molecule has 1 unspecified atom stereocenters. The molecule has 1 fully saturated rings. The van der Waals surface area contributed by atoms with Crippen LogP contribution in [0.4, 0.5) is 17.7 Å². The second kappa shape index (κ2) is 9.06. The van der Waals surface area contributed by atoms with Crippen LogP contribution in [0.25, 0.3) is 11.2 Å². The van der Waals surface area contributed by atoms with Crippen LogP contribution < -0.4 is 24.4 Å². The zero-order valence-electron chi connectivity index (χ0n) is 19.2. The predicted octanol–water partition coefficient (Wildman–Crippen LogP) is 2.04. The molecule has 4 heterocycles. The molecule has 2 N–H and O–H groups in total. The number of benzene rings is 1. The topological polar surface area (TPSA) is 124 Å². The fourth-order valence-electron chi connectivity index (χ4n) is 4.23. The van der Waals surface area contributed by atoms with E-state index in [1.807, 2.05) is 18.3 Å². The average molecular weight is 467 g/mol. The van der Waals surface area contributed by atoms with Gasteiger partial charge in [0.05, 0.1) is 39.7 Å². The number of aromatic nitrogens is 6. The lowest BCUT2D eigenvalue weighted by Crippen LogP contribution is -2.33. The van der Waals surface area contributed by atoms with Crippen molar-refractivity contribution in [1.82, 2.24) is 29.4 Å². The van der Waals surface area contributed by atoms with Crippen LogP contribution in [-0.4, -0.2) is 75.0 Å². The average Bonchev–Trinajstić information content (AvgIpc) is 3.63. The number of methoxy groups -OCH3 is 3. The highest BCUT2D eigenvalue weighted by Gasteiger charge is 2.27. The molecule has 0 radical (unpaired) electrons. The molecule has 0 spiro atoms. The lowest BCUT2D eigenvalue weighted by Gasteiger charge is -2.25. The van der Waals surface area contributed by atoms with E-state index in [0.29, 0.717) is 34.8 Å². The molecule has 12 heteroatoms. The smallest absolute Gasteiger partial charge is 0.249 e. The van der Waals surface area contributed by atoms with Crippen LogP contribution >= 0.6 is 0 Å². The zero-order chi connectivity index (χ0) is 23.7. The number of aliphatic hydroxyl groups is 1. The maximum Gasteiger partial charge on any atom is 0.249 e. The molecule has 1 atom stereocenters. The van der Waals surface area contributed by atoms with E-state index in [9.17, 15) is 5.11 Å². The first-order valence-electron chi connectivity index (χ1n) is 10.9. The first-order valence-corrected chi connectivity index (χ1v) is 10.9. The fourth-order valence-corrected chi connectivity index (χ4v) is 4.23. The van der Waals surface area contributed by atoms with Gasteiger partial charge in [-0.3, -0.25) is 5.32 Å². The number of anilines is 3. The van der Waals surface area contributed by atoms with Gasteiger partial charge in [-0.1, -0.05) is 0 Å². The Bertz CT molecular complexity index is 1280. The number of fused-ring (bicyclic) bond motifs is 1. The fraction of sp³-hybridized carbons (Fsp3) is 0.364. The van der Waals surface area contributed by atoms with Crippen LogP contribution in [0.5, 0.6) is 17.2 Å². The lowest BCUT2D eigenvalue weighted by atomic mass is 10.2. The Morgan fingerprint density at radius 3 is 2.59 bits per heavy atom. The molecule has 0 aliphatic carbocycles.